The zero-order valence-electron chi connectivity index (χ0n) is 25.6. The Morgan fingerprint density at radius 1 is 0.783 bits per heavy atom. The molecule has 0 spiro atoms. The molecule has 3 rings (SSSR count). The molecule has 3 aliphatic heterocycles. The van der Waals surface area contributed by atoms with Crippen molar-refractivity contribution < 1.29 is 77.5 Å². The second-order valence-electron chi connectivity index (χ2n) is 12.1. The third-order valence-corrected chi connectivity index (χ3v) is 9.35. The molecule has 3 aliphatic rings. The minimum absolute atomic E-state index is 0.102. The van der Waals surface area contributed by atoms with E-state index in [-0.39, 0.29) is 6.42 Å². The Kier molecular flexibility index (Phi) is 14.9. The molecule has 0 radical (unpaired) electrons. The van der Waals surface area contributed by atoms with Gasteiger partial charge >= 0.3 is 10.3 Å². The van der Waals surface area contributed by atoms with Crippen LogP contribution in [0.25, 0.3) is 0 Å². The first-order valence-corrected chi connectivity index (χ1v) is 16.9. The number of aliphatic hydroxyl groups is 8. The lowest BCUT2D eigenvalue weighted by Crippen LogP contribution is -2.72. The largest absolute Gasteiger partial charge is 0.394 e. The SMILES string of the molecule is CCCCCCCC[C@]1(CO)O[C@H](OC2[C@@H](CO)O[C@@H](OC3[C@@H](CO)O[C@@H](O)[C@H](N)[C@H]3O)[C@H](NS(=O)(=O)O)[C@H]2O)[C@H](N)[C@@H](O)[C@@H]1O. The number of hydrogen-bond acceptors (Lipinski definition) is 17. The van der Waals surface area contributed by atoms with Crippen molar-refractivity contribution >= 4 is 10.3 Å². The summed E-state index contributed by atoms with van der Waals surface area (Å²) < 4.78 is 63.4. The van der Waals surface area contributed by atoms with E-state index in [9.17, 15) is 53.8 Å². The topological polar surface area (TPSA) is 326 Å². The van der Waals surface area contributed by atoms with Crippen molar-refractivity contribution in [3.8, 4) is 0 Å². The van der Waals surface area contributed by atoms with E-state index >= 15 is 0 Å². The normalized spacial score (nSPS) is 43.9. The first-order valence-electron chi connectivity index (χ1n) is 15.4. The van der Waals surface area contributed by atoms with E-state index in [4.69, 9.17) is 35.2 Å². The second kappa shape index (κ2) is 17.3. The average Bonchev–Trinajstić information content (AvgIpc) is 3.01. The van der Waals surface area contributed by atoms with E-state index in [0.29, 0.717) is 6.42 Å². The lowest BCUT2D eigenvalue weighted by molar-refractivity contribution is -0.362. The van der Waals surface area contributed by atoms with Crippen molar-refractivity contribution in [3.63, 3.8) is 0 Å². The van der Waals surface area contributed by atoms with Gasteiger partial charge in [0.05, 0.1) is 31.9 Å². The van der Waals surface area contributed by atoms with E-state index in [2.05, 4.69) is 6.92 Å². The van der Waals surface area contributed by atoms with Crippen LogP contribution in [0.5, 0.6) is 0 Å². The zero-order chi connectivity index (χ0) is 34.4. The minimum Gasteiger partial charge on any atom is -0.394 e. The van der Waals surface area contributed by atoms with Gasteiger partial charge in [-0.3, -0.25) is 4.55 Å². The van der Waals surface area contributed by atoms with E-state index < -0.39 is 122 Å². The molecule has 46 heavy (non-hydrogen) atoms. The summed E-state index contributed by atoms with van der Waals surface area (Å²) in [4.78, 5) is 0. The van der Waals surface area contributed by atoms with E-state index in [1.165, 1.54) is 0 Å². The van der Waals surface area contributed by atoms with E-state index in [1.807, 2.05) is 0 Å². The lowest BCUT2D eigenvalue weighted by Gasteiger charge is -2.51. The van der Waals surface area contributed by atoms with Crippen LogP contribution in [0.1, 0.15) is 51.9 Å². The summed E-state index contributed by atoms with van der Waals surface area (Å²) in [7, 11) is -5.09. The van der Waals surface area contributed by atoms with Gasteiger partial charge in [-0.05, 0) is 6.42 Å². The average molecular weight is 694 g/mol. The molecule has 3 fully saturated rings. The van der Waals surface area contributed by atoms with Gasteiger partial charge in [-0.15, -0.1) is 0 Å². The maximum Gasteiger partial charge on any atom is 0.333 e. The number of ether oxygens (including phenoxy) is 5. The molecule has 0 aliphatic carbocycles. The first-order chi connectivity index (χ1) is 21.6. The minimum atomic E-state index is -5.09. The van der Waals surface area contributed by atoms with Crippen LogP contribution in [0.15, 0.2) is 0 Å². The molecule has 20 heteroatoms. The molecule has 0 aromatic carbocycles. The second-order valence-corrected chi connectivity index (χ2v) is 13.3. The van der Waals surface area contributed by atoms with Crippen molar-refractivity contribution in [2.24, 2.45) is 11.5 Å². The summed E-state index contributed by atoms with van der Waals surface area (Å²) in [5.41, 5.74) is 10.1. The van der Waals surface area contributed by atoms with Gasteiger partial charge in [0.15, 0.2) is 18.9 Å². The fraction of sp³-hybridized carbons (Fsp3) is 1.00. The van der Waals surface area contributed by atoms with Gasteiger partial charge in [0.1, 0.15) is 60.5 Å². The molecule has 3 saturated heterocycles. The molecular formula is C26H51N3O16S. The maximum atomic E-state index is 11.9. The summed E-state index contributed by atoms with van der Waals surface area (Å²) in [6.07, 6.45) is -13.1. The Labute approximate surface area is 267 Å². The van der Waals surface area contributed by atoms with Gasteiger partial charge in [-0.2, -0.15) is 13.1 Å². The summed E-state index contributed by atoms with van der Waals surface area (Å²) >= 11 is 0. The Balaban J connectivity index is 1.84. The lowest BCUT2D eigenvalue weighted by atomic mass is 9.82. The first kappa shape index (κ1) is 39.7. The fourth-order valence-electron chi connectivity index (χ4n) is 6.03. The van der Waals surface area contributed by atoms with Gasteiger partial charge in [0.2, 0.25) is 0 Å². The molecule has 19 nitrogen and oxygen atoms in total. The standard InChI is InChI=1S/C26H51N3O16S/c1-2-3-4-5-6-7-8-26(11-32)22(36)18(34)15(28)24(45-26)43-21-13(10-31)42-25(16(19(21)35)29-46(38,39)40)44-20-12(9-30)41-23(37)14(27)17(20)33/h12-25,29-37H,2-11,27-28H2,1H3,(H,38,39,40)/t12-,13-,14-,15-,16-,17-,18-,19-,20?,21?,22+,23-,24+,25+,26-/m1/s1. The third kappa shape index (κ3) is 9.28. The number of aliphatic hydroxyl groups excluding tert-OH is 8. The molecule has 0 aromatic rings. The predicted octanol–water partition coefficient (Wildman–Crippen LogP) is -5.12. The van der Waals surface area contributed by atoms with Gasteiger partial charge in [0.25, 0.3) is 0 Å². The van der Waals surface area contributed by atoms with E-state index in [0.717, 1.165) is 32.1 Å². The quantitative estimate of drug-likeness (QED) is 0.0531. The van der Waals surface area contributed by atoms with Gasteiger partial charge < -0.3 is 76.0 Å². The highest BCUT2D eigenvalue weighted by atomic mass is 32.2. The van der Waals surface area contributed by atoms with Crippen LogP contribution in [0.2, 0.25) is 0 Å². The Morgan fingerprint density at radius 2 is 1.35 bits per heavy atom. The number of rotatable bonds is 16. The number of nitrogens with one attached hydrogen (secondary N) is 1. The molecule has 0 saturated carbocycles. The highest BCUT2D eigenvalue weighted by Gasteiger charge is 2.56. The highest BCUT2D eigenvalue weighted by Crippen LogP contribution is 2.37. The molecule has 272 valence electrons. The number of hydrogen-bond donors (Lipinski definition) is 12. The van der Waals surface area contributed by atoms with Gasteiger partial charge in [0, 0.05) is 0 Å². The number of nitrogens with two attached hydrogens (primary N) is 2. The van der Waals surface area contributed by atoms with Crippen molar-refractivity contribution in [1.82, 2.24) is 4.72 Å². The van der Waals surface area contributed by atoms with Crippen LogP contribution >= 0.6 is 0 Å². The maximum absolute atomic E-state index is 11.9. The van der Waals surface area contributed by atoms with Crippen LogP contribution in [-0.2, 0) is 34.0 Å². The highest BCUT2D eigenvalue weighted by molar-refractivity contribution is 7.83. The van der Waals surface area contributed by atoms with Crippen LogP contribution in [-0.4, -0.2) is 165 Å². The summed E-state index contributed by atoms with van der Waals surface area (Å²) in [5, 5.41) is 83.7. The Hall–Kier alpha value is -0.730. The summed E-state index contributed by atoms with van der Waals surface area (Å²) in [5.74, 6) is 0. The molecule has 0 bridgehead atoms. The molecule has 0 amide bonds. The fourth-order valence-corrected chi connectivity index (χ4v) is 6.62. The molecule has 14 N–H and O–H groups in total. The van der Waals surface area contributed by atoms with Crippen LogP contribution in [0.4, 0.5) is 0 Å². The molecule has 3 heterocycles. The molecule has 15 atom stereocenters. The smallest absolute Gasteiger partial charge is 0.333 e. The van der Waals surface area contributed by atoms with Gasteiger partial charge in [-0.1, -0.05) is 45.4 Å². The number of unbranched alkanes of at least 4 members (excludes halogenated alkanes) is 5. The van der Waals surface area contributed by atoms with Crippen molar-refractivity contribution in [2.45, 2.75) is 143 Å². The van der Waals surface area contributed by atoms with Crippen molar-refractivity contribution in [3.05, 3.63) is 0 Å². The molecule has 2 unspecified atom stereocenters. The van der Waals surface area contributed by atoms with Crippen molar-refractivity contribution in [1.29, 1.82) is 0 Å². The van der Waals surface area contributed by atoms with Crippen LogP contribution in [0, 0.1) is 0 Å². The summed E-state index contributed by atoms with van der Waals surface area (Å²) in [6.45, 7) is -0.353. The van der Waals surface area contributed by atoms with Crippen LogP contribution in [0.3, 0.4) is 0 Å². The Bertz CT molecular complexity index is 1030. The van der Waals surface area contributed by atoms with E-state index in [1.54, 1.807) is 4.72 Å². The predicted molar refractivity (Wildman–Crippen MR) is 155 cm³/mol. The zero-order valence-corrected chi connectivity index (χ0v) is 26.4. The van der Waals surface area contributed by atoms with Crippen LogP contribution < -0.4 is 16.2 Å². The summed E-state index contributed by atoms with van der Waals surface area (Å²) in [6, 6.07) is -4.81. The third-order valence-electron chi connectivity index (χ3n) is 8.78. The Morgan fingerprint density at radius 3 is 1.93 bits per heavy atom. The van der Waals surface area contributed by atoms with Crippen molar-refractivity contribution in [2.75, 3.05) is 19.8 Å². The van der Waals surface area contributed by atoms with Gasteiger partial charge in [-0.25, -0.2) is 0 Å². The molecular weight excluding hydrogens is 642 g/mol. The molecule has 0 aromatic heterocycles. The monoisotopic (exact) mass is 693 g/mol.